The number of carbonyl (C=O) groups is 1. The first kappa shape index (κ1) is 23.2. The van der Waals surface area contributed by atoms with E-state index in [0.717, 1.165) is 29.7 Å². The van der Waals surface area contributed by atoms with Crippen LogP contribution < -0.4 is 5.32 Å². The highest BCUT2D eigenvalue weighted by Crippen LogP contribution is 2.48. The highest BCUT2D eigenvalue weighted by atomic mass is 16.5. The van der Waals surface area contributed by atoms with Crippen LogP contribution in [0.1, 0.15) is 18.9 Å². The van der Waals surface area contributed by atoms with E-state index in [2.05, 4.69) is 54.7 Å². The first-order valence-corrected chi connectivity index (χ1v) is 10.6. The van der Waals surface area contributed by atoms with E-state index in [0.29, 0.717) is 0 Å². The van der Waals surface area contributed by atoms with Gasteiger partial charge in [-0.3, -0.25) is 4.79 Å². The minimum atomic E-state index is -0.619. The maximum Gasteiger partial charge on any atom is 0.373 e. The molecule has 166 valence electrons. The van der Waals surface area contributed by atoms with Crippen LogP contribution in [-0.4, -0.2) is 48.8 Å². The van der Waals surface area contributed by atoms with Gasteiger partial charge in [0.05, 0.1) is 11.6 Å². The summed E-state index contributed by atoms with van der Waals surface area (Å²) >= 11 is 0. The molecular formula is C26H28N2O4. The van der Waals surface area contributed by atoms with Crippen molar-refractivity contribution in [2.45, 2.75) is 37.5 Å². The number of nitrogens with zero attached hydrogens (tertiary/aromatic N) is 1. The van der Waals surface area contributed by atoms with Crippen LogP contribution in [0.2, 0.25) is 0 Å². The van der Waals surface area contributed by atoms with Crippen molar-refractivity contribution in [3.05, 3.63) is 89.5 Å². The quantitative estimate of drug-likeness (QED) is 0.677. The standard InChI is InChI=1S/C25H28N2O2.CO2/c1-4-20-23(24(28)27(2)3)21-15-16-25(20,29-21)22(17-18-11-7-5-8-12-18)26-19-13-9-6-10-14-19;2-1-3/h5-16,21-22,26H,4,17H2,1-3H3;. The summed E-state index contributed by atoms with van der Waals surface area (Å²) in [6, 6.07) is 20.6. The summed E-state index contributed by atoms with van der Waals surface area (Å²) < 4.78 is 6.56. The fourth-order valence-corrected chi connectivity index (χ4v) is 4.49. The number of hydrogen-bond acceptors (Lipinski definition) is 5. The summed E-state index contributed by atoms with van der Waals surface area (Å²) in [6.07, 6.45) is 5.75. The largest absolute Gasteiger partial charge is 0.378 e. The molecule has 0 aliphatic carbocycles. The van der Waals surface area contributed by atoms with Gasteiger partial charge in [-0.05, 0) is 42.2 Å². The maximum atomic E-state index is 12.9. The molecule has 0 fully saturated rings. The van der Waals surface area contributed by atoms with E-state index in [9.17, 15) is 4.79 Å². The molecule has 0 aromatic heterocycles. The number of likely N-dealkylation sites (N-methyl/N-ethyl adjacent to an activating group) is 1. The summed E-state index contributed by atoms with van der Waals surface area (Å²) in [4.78, 5) is 30.8. The van der Waals surface area contributed by atoms with Gasteiger partial charge in [0.25, 0.3) is 5.91 Å². The Balaban J connectivity index is 0.000000913. The number of benzene rings is 2. The zero-order valence-corrected chi connectivity index (χ0v) is 18.6. The van der Waals surface area contributed by atoms with Crippen molar-refractivity contribution in [3.63, 3.8) is 0 Å². The van der Waals surface area contributed by atoms with Crippen molar-refractivity contribution in [2.24, 2.45) is 0 Å². The number of anilines is 1. The van der Waals surface area contributed by atoms with Gasteiger partial charge >= 0.3 is 6.15 Å². The fraction of sp³-hybridized carbons (Fsp3) is 0.308. The summed E-state index contributed by atoms with van der Waals surface area (Å²) in [5.74, 6) is 0.0382. The predicted octanol–water partition coefficient (Wildman–Crippen LogP) is 3.63. The lowest BCUT2D eigenvalue weighted by Crippen LogP contribution is -2.47. The number of rotatable bonds is 7. The van der Waals surface area contributed by atoms with Crippen LogP contribution in [0.15, 0.2) is 84.0 Å². The molecule has 0 radical (unpaired) electrons. The minimum absolute atomic E-state index is 0.0315. The van der Waals surface area contributed by atoms with Gasteiger partial charge in [-0.1, -0.05) is 61.5 Å². The Morgan fingerprint density at radius 3 is 2.25 bits per heavy atom. The highest BCUT2D eigenvalue weighted by Gasteiger charge is 2.54. The molecule has 4 rings (SSSR count). The van der Waals surface area contributed by atoms with Crippen LogP contribution in [0, 0.1) is 0 Å². The summed E-state index contributed by atoms with van der Waals surface area (Å²) in [7, 11) is 3.60. The molecule has 2 aliphatic heterocycles. The topological polar surface area (TPSA) is 75.7 Å². The molecule has 32 heavy (non-hydrogen) atoms. The normalized spacial score (nSPS) is 21.4. The van der Waals surface area contributed by atoms with E-state index >= 15 is 0 Å². The highest BCUT2D eigenvalue weighted by molar-refractivity contribution is 5.97. The molecule has 0 spiro atoms. The van der Waals surface area contributed by atoms with Gasteiger partial charge in [-0.25, -0.2) is 0 Å². The summed E-state index contributed by atoms with van der Waals surface area (Å²) in [6.45, 7) is 2.11. The van der Waals surface area contributed by atoms with E-state index in [1.807, 2.05) is 30.3 Å². The van der Waals surface area contributed by atoms with Crippen LogP contribution >= 0.6 is 0 Å². The SMILES string of the molecule is CCC1=C(C(=O)N(C)C)C2C=CC1(C(Cc1ccccc1)Nc1ccccc1)O2.O=C=O. The molecule has 6 nitrogen and oxygen atoms in total. The zero-order valence-electron chi connectivity index (χ0n) is 18.6. The third-order valence-corrected chi connectivity index (χ3v) is 5.83. The average Bonchev–Trinajstić information content (AvgIpc) is 3.38. The molecule has 2 aliphatic rings. The smallest absolute Gasteiger partial charge is 0.373 e. The van der Waals surface area contributed by atoms with Crippen molar-refractivity contribution < 1.29 is 19.1 Å². The van der Waals surface area contributed by atoms with Crippen molar-refractivity contribution in [3.8, 4) is 0 Å². The molecule has 0 saturated heterocycles. The number of amides is 1. The number of nitrogens with one attached hydrogen (secondary N) is 1. The molecule has 3 unspecified atom stereocenters. The molecule has 1 N–H and O–H groups in total. The van der Waals surface area contributed by atoms with Crippen molar-refractivity contribution in [1.29, 1.82) is 0 Å². The lowest BCUT2D eigenvalue weighted by Gasteiger charge is -2.37. The fourth-order valence-electron chi connectivity index (χ4n) is 4.49. The second kappa shape index (κ2) is 10.2. The molecule has 6 heteroatoms. The van der Waals surface area contributed by atoms with Gasteiger partial charge in [0.15, 0.2) is 0 Å². The van der Waals surface area contributed by atoms with E-state index in [-0.39, 0.29) is 24.2 Å². The van der Waals surface area contributed by atoms with Crippen molar-refractivity contribution >= 4 is 17.7 Å². The first-order chi connectivity index (χ1) is 15.5. The number of hydrogen-bond donors (Lipinski definition) is 1. The van der Waals surface area contributed by atoms with E-state index in [1.165, 1.54) is 5.56 Å². The van der Waals surface area contributed by atoms with Gasteiger partial charge < -0.3 is 15.0 Å². The van der Waals surface area contributed by atoms with Crippen molar-refractivity contribution in [2.75, 3.05) is 19.4 Å². The van der Waals surface area contributed by atoms with Crippen LogP contribution in [0.3, 0.4) is 0 Å². The number of fused-ring (bicyclic) bond motifs is 2. The van der Waals surface area contributed by atoms with Gasteiger partial charge in [-0.2, -0.15) is 9.59 Å². The number of ether oxygens (including phenoxy) is 1. The second-order valence-corrected chi connectivity index (χ2v) is 7.97. The molecule has 0 saturated carbocycles. The van der Waals surface area contributed by atoms with Gasteiger partial charge in [0, 0.05) is 19.8 Å². The Bertz CT molecular complexity index is 983. The van der Waals surface area contributed by atoms with Gasteiger partial charge in [0.1, 0.15) is 11.7 Å². The predicted molar refractivity (Wildman–Crippen MR) is 122 cm³/mol. The van der Waals surface area contributed by atoms with Crippen LogP contribution in [-0.2, 0) is 25.5 Å². The Labute approximate surface area is 188 Å². The molecule has 3 atom stereocenters. The van der Waals surface area contributed by atoms with Crippen LogP contribution in [0.5, 0.6) is 0 Å². The molecule has 2 aromatic carbocycles. The van der Waals surface area contributed by atoms with Crippen LogP contribution in [0.25, 0.3) is 0 Å². The maximum absolute atomic E-state index is 12.9. The Morgan fingerprint density at radius 1 is 1.09 bits per heavy atom. The monoisotopic (exact) mass is 432 g/mol. The summed E-state index contributed by atoms with van der Waals surface area (Å²) in [5.41, 5.74) is 3.55. The van der Waals surface area contributed by atoms with Gasteiger partial charge in [0.2, 0.25) is 0 Å². The third kappa shape index (κ3) is 4.57. The van der Waals surface area contributed by atoms with Crippen LogP contribution in [0.4, 0.5) is 5.69 Å². The third-order valence-electron chi connectivity index (χ3n) is 5.83. The Morgan fingerprint density at radius 2 is 1.69 bits per heavy atom. The average molecular weight is 433 g/mol. The Hall–Kier alpha value is -3.47. The number of carbonyl (C=O) groups excluding carboxylic acids is 3. The lowest BCUT2D eigenvalue weighted by molar-refractivity contribution is -0.191. The number of para-hydroxylation sites is 1. The zero-order chi connectivity index (χ0) is 23.1. The molecule has 2 bridgehead atoms. The van der Waals surface area contributed by atoms with E-state index < -0.39 is 5.60 Å². The molecule has 2 heterocycles. The molecule has 2 aromatic rings. The second-order valence-electron chi connectivity index (χ2n) is 7.97. The molecule has 1 amide bonds. The summed E-state index contributed by atoms with van der Waals surface area (Å²) in [5, 5.41) is 3.71. The van der Waals surface area contributed by atoms with Crippen molar-refractivity contribution in [1.82, 2.24) is 4.90 Å². The Kier molecular flexibility index (Phi) is 7.41. The lowest BCUT2D eigenvalue weighted by atomic mass is 9.78. The minimum Gasteiger partial charge on any atom is -0.378 e. The van der Waals surface area contributed by atoms with Gasteiger partial charge in [-0.15, -0.1) is 0 Å². The first-order valence-electron chi connectivity index (χ1n) is 10.6. The molecular weight excluding hydrogens is 404 g/mol. The van der Waals surface area contributed by atoms with E-state index in [4.69, 9.17) is 14.3 Å². The van der Waals surface area contributed by atoms with E-state index in [1.54, 1.807) is 19.0 Å².